The van der Waals surface area contributed by atoms with Crippen LogP contribution in [0.1, 0.15) is 13.3 Å². The first kappa shape index (κ1) is 13.3. The smallest absolute Gasteiger partial charge is 0.309 e. The molecule has 2 N–H and O–H groups in total. The van der Waals surface area contributed by atoms with E-state index in [1.807, 2.05) is 0 Å². The van der Waals surface area contributed by atoms with Crippen LogP contribution < -0.4 is 5.32 Å². The first-order chi connectivity index (χ1) is 6.16. The molecule has 0 aliphatic rings. The van der Waals surface area contributed by atoms with Crippen molar-refractivity contribution in [2.75, 3.05) is 26.6 Å². The monoisotopic (exact) mass is 225 g/mol. The van der Waals surface area contributed by atoms with Crippen molar-refractivity contribution in [3.8, 4) is 0 Å². The van der Waals surface area contributed by atoms with Gasteiger partial charge in [-0.15, -0.1) is 0 Å². The lowest BCUT2D eigenvalue weighted by Gasteiger charge is -2.27. The van der Waals surface area contributed by atoms with Crippen LogP contribution in [0.2, 0.25) is 0 Å². The van der Waals surface area contributed by atoms with Gasteiger partial charge in [0.1, 0.15) is 0 Å². The number of hydrogen-bond acceptors (Lipinski definition) is 3. The Labute approximate surface area is 84.2 Å². The topological polar surface area (TPSA) is 83.5 Å². The molecule has 0 bridgehead atoms. The minimum absolute atomic E-state index is 0.00935. The van der Waals surface area contributed by atoms with Gasteiger partial charge in [-0.25, -0.2) is 0 Å². The molecule has 0 saturated heterocycles. The van der Waals surface area contributed by atoms with Crippen LogP contribution in [0.3, 0.4) is 0 Å². The Morgan fingerprint density at radius 1 is 1.43 bits per heavy atom. The highest BCUT2D eigenvalue weighted by atomic mass is 32.2. The quantitative estimate of drug-likeness (QED) is 0.371. The highest BCUT2D eigenvalue weighted by Crippen LogP contribution is 1.98. The van der Waals surface area contributed by atoms with Crippen molar-refractivity contribution in [1.29, 1.82) is 0 Å². The Bertz CT molecular complexity index is 297. The number of nitrogens with one attached hydrogen (secondary N) is 1. The second-order valence-electron chi connectivity index (χ2n) is 3.76. The molecule has 1 amide bonds. The number of nitrogens with zero attached hydrogens (tertiary/aromatic N) is 1. The maximum absolute atomic E-state index is 10.9. The number of amides is 1. The molecule has 0 heterocycles. The number of carbonyl (C=O) groups excluding carboxylic acids is 1. The summed E-state index contributed by atoms with van der Waals surface area (Å²) in [6.07, 6.45) is 0.353. The van der Waals surface area contributed by atoms with Gasteiger partial charge in [0.05, 0.1) is 14.1 Å². The summed E-state index contributed by atoms with van der Waals surface area (Å²) < 4.78 is 29.8. The molecule has 6 nitrogen and oxygen atoms in total. The Morgan fingerprint density at radius 3 is 2.29 bits per heavy atom. The van der Waals surface area contributed by atoms with Gasteiger partial charge >= 0.3 is 10.1 Å². The molecule has 0 aromatic carbocycles. The molecule has 0 fully saturated rings. The Balaban J connectivity index is 4.15. The molecule has 0 spiro atoms. The first-order valence-corrected chi connectivity index (χ1v) is 5.81. The molecular weight excluding hydrogens is 208 g/mol. The van der Waals surface area contributed by atoms with E-state index in [2.05, 4.69) is 5.32 Å². The van der Waals surface area contributed by atoms with Gasteiger partial charge in [-0.3, -0.25) is 13.8 Å². The summed E-state index contributed by atoms with van der Waals surface area (Å²) in [6, 6.07) is 0. The van der Waals surface area contributed by atoms with Crippen LogP contribution >= 0.6 is 0 Å². The maximum Gasteiger partial charge on any atom is 0.316 e. The maximum atomic E-state index is 10.9. The molecule has 0 aliphatic carbocycles. The van der Waals surface area contributed by atoms with Crippen molar-refractivity contribution in [2.45, 2.75) is 13.3 Å². The minimum atomic E-state index is -4.02. The molecule has 7 heteroatoms. The predicted molar refractivity (Wildman–Crippen MR) is 51.8 cm³/mol. The van der Waals surface area contributed by atoms with Crippen LogP contribution in [0, 0.1) is 0 Å². The molecular formula is C7H17N2O4S+. The van der Waals surface area contributed by atoms with Crippen molar-refractivity contribution in [2.24, 2.45) is 0 Å². The van der Waals surface area contributed by atoms with Crippen molar-refractivity contribution >= 4 is 16.0 Å². The summed E-state index contributed by atoms with van der Waals surface area (Å²) in [6.45, 7) is 1.88. The van der Waals surface area contributed by atoms with Crippen molar-refractivity contribution in [3.05, 3.63) is 0 Å². The highest BCUT2D eigenvalue weighted by Gasteiger charge is 2.23. The normalized spacial score (nSPS) is 12.6. The second kappa shape index (κ2) is 4.72. The Hall–Kier alpha value is -0.660. The average Bonchev–Trinajstić information content (AvgIpc) is 1.96. The van der Waals surface area contributed by atoms with Crippen LogP contribution in [-0.4, -0.2) is 50.0 Å². The van der Waals surface area contributed by atoms with Crippen LogP contribution in [0.15, 0.2) is 0 Å². The summed E-state index contributed by atoms with van der Waals surface area (Å²) >= 11 is 0. The van der Waals surface area contributed by atoms with E-state index in [1.54, 1.807) is 21.0 Å². The molecule has 14 heavy (non-hydrogen) atoms. The van der Waals surface area contributed by atoms with Crippen molar-refractivity contribution in [1.82, 2.24) is 5.32 Å². The third-order valence-corrected chi connectivity index (χ3v) is 2.56. The lowest BCUT2D eigenvalue weighted by molar-refractivity contribution is -0.880. The minimum Gasteiger partial charge on any atom is -0.309 e. The largest absolute Gasteiger partial charge is 0.316 e. The van der Waals surface area contributed by atoms with E-state index in [1.165, 1.54) is 0 Å². The fourth-order valence-corrected chi connectivity index (χ4v) is 1.89. The van der Waals surface area contributed by atoms with Crippen LogP contribution in [-0.2, 0) is 14.9 Å². The van der Waals surface area contributed by atoms with Gasteiger partial charge in [-0.05, 0) is 0 Å². The number of hydrogen-bond donors (Lipinski definition) is 2. The van der Waals surface area contributed by atoms with E-state index in [9.17, 15) is 13.2 Å². The lowest BCUT2D eigenvalue weighted by atomic mass is 10.4. The highest BCUT2D eigenvalue weighted by molar-refractivity contribution is 7.85. The van der Waals surface area contributed by atoms with E-state index in [-0.39, 0.29) is 17.1 Å². The fraction of sp³-hybridized carbons (Fsp3) is 0.857. The van der Waals surface area contributed by atoms with Crippen LogP contribution in [0.4, 0.5) is 0 Å². The number of rotatable bonds is 5. The number of carbonyl (C=O) groups is 1. The van der Waals surface area contributed by atoms with Gasteiger partial charge < -0.3 is 5.32 Å². The molecule has 84 valence electrons. The predicted octanol–water partition coefficient (Wildman–Crippen LogP) is -0.608. The standard InChI is InChI=1S/C7H16N2O4S/c1-4-7(10)8-5-9(2,3)6-14(11,12)13/h4-6H2,1-3H3,(H-,8,10,11,12,13)/p+1. The van der Waals surface area contributed by atoms with E-state index >= 15 is 0 Å². The van der Waals surface area contributed by atoms with E-state index in [0.717, 1.165) is 0 Å². The molecule has 0 saturated carbocycles. The Kier molecular flexibility index (Phi) is 4.50. The van der Waals surface area contributed by atoms with E-state index in [4.69, 9.17) is 4.55 Å². The Morgan fingerprint density at radius 2 is 1.93 bits per heavy atom. The van der Waals surface area contributed by atoms with Gasteiger partial charge in [0.25, 0.3) is 0 Å². The molecule has 0 unspecified atom stereocenters. The zero-order chi connectivity index (χ0) is 11.4. The third kappa shape index (κ3) is 6.81. The van der Waals surface area contributed by atoms with Gasteiger partial charge in [-0.1, -0.05) is 6.92 Å². The summed E-state index contributed by atoms with van der Waals surface area (Å²) in [5.41, 5.74) is 0. The number of quaternary nitrogens is 1. The van der Waals surface area contributed by atoms with Crippen LogP contribution in [0.5, 0.6) is 0 Å². The average molecular weight is 225 g/mol. The summed E-state index contributed by atoms with van der Waals surface area (Å²) in [7, 11) is -0.814. The van der Waals surface area contributed by atoms with Gasteiger partial charge in [0, 0.05) is 6.42 Å². The molecule has 0 radical (unpaired) electrons. The zero-order valence-electron chi connectivity index (χ0n) is 8.65. The summed E-state index contributed by atoms with van der Waals surface area (Å²) in [5, 5.41) is 2.55. The summed E-state index contributed by atoms with van der Waals surface area (Å²) in [4.78, 5) is 10.9. The zero-order valence-corrected chi connectivity index (χ0v) is 9.47. The summed E-state index contributed by atoms with van der Waals surface area (Å²) in [5.74, 6) is -0.566. The van der Waals surface area contributed by atoms with Gasteiger partial charge in [0.2, 0.25) is 11.8 Å². The van der Waals surface area contributed by atoms with Crippen molar-refractivity contribution < 1.29 is 22.2 Å². The van der Waals surface area contributed by atoms with Crippen LogP contribution in [0.25, 0.3) is 0 Å². The lowest BCUT2D eigenvalue weighted by Crippen LogP contribution is -2.50. The molecule has 0 rings (SSSR count). The third-order valence-electron chi connectivity index (χ3n) is 1.54. The van der Waals surface area contributed by atoms with Crippen molar-refractivity contribution in [3.63, 3.8) is 0 Å². The fourth-order valence-electron chi connectivity index (χ4n) is 0.914. The van der Waals surface area contributed by atoms with Gasteiger partial charge in [-0.2, -0.15) is 8.42 Å². The van der Waals surface area contributed by atoms with E-state index in [0.29, 0.717) is 6.42 Å². The SMILES string of the molecule is CCC(=O)NC[N+](C)(C)CS(=O)(=O)O. The second-order valence-corrected chi connectivity index (χ2v) is 5.18. The first-order valence-electron chi connectivity index (χ1n) is 4.20. The molecule has 0 atom stereocenters. The van der Waals surface area contributed by atoms with Gasteiger partial charge in [0.15, 0.2) is 6.67 Å². The molecule has 0 aromatic rings. The molecule has 0 aliphatic heterocycles. The van der Waals surface area contributed by atoms with E-state index < -0.39 is 16.0 Å². The molecule has 0 aromatic heterocycles.